The molecule has 4 heteroatoms. The Labute approximate surface area is 104 Å². The minimum atomic E-state index is -0.366. The Balaban J connectivity index is 2.19. The van der Waals surface area contributed by atoms with Crippen LogP contribution in [0.25, 0.3) is 11.0 Å². The number of fused-ring (bicyclic) bond motifs is 1. The Morgan fingerprint density at radius 2 is 2.11 bits per heavy atom. The Morgan fingerprint density at radius 3 is 2.89 bits per heavy atom. The van der Waals surface area contributed by atoms with Gasteiger partial charge in [-0.2, -0.15) is 0 Å². The zero-order valence-corrected chi connectivity index (χ0v) is 10.2. The first-order valence-corrected chi connectivity index (χ1v) is 5.94. The number of benzene rings is 1. The quantitative estimate of drug-likeness (QED) is 0.604. The van der Waals surface area contributed by atoms with Gasteiger partial charge in [0.2, 0.25) is 0 Å². The minimum absolute atomic E-state index is 0.324. The van der Waals surface area contributed by atoms with Crippen LogP contribution >= 0.6 is 0 Å². The third-order valence-electron chi connectivity index (χ3n) is 2.72. The van der Waals surface area contributed by atoms with Gasteiger partial charge in [0, 0.05) is 17.5 Å². The van der Waals surface area contributed by atoms with Crippen LogP contribution in [-0.4, -0.2) is 13.3 Å². The third kappa shape index (κ3) is 2.88. The van der Waals surface area contributed by atoms with Crippen LogP contribution in [0, 0.1) is 6.92 Å². The van der Waals surface area contributed by atoms with Crippen LogP contribution in [0.2, 0.25) is 0 Å². The summed E-state index contributed by atoms with van der Waals surface area (Å²) in [5.74, 6) is 0.634. The van der Waals surface area contributed by atoms with Gasteiger partial charge in [0.05, 0.1) is 13.3 Å². The second-order valence-corrected chi connectivity index (χ2v) is 4.15. The molecule has 0 N–H and O–H groups in total. The van der Waals surface area contributed by atoms with Crippen molar-refractivity contribution in [3.63, 3.8) is 0 Å². The number of alkyl halides is 1. The van der Waals surface area contributed by atoms with Gasteiger partial charge in [0.25, 0.3) is 0 Å². The fourth-order valence-electron chi connectivity index (χ4n) is 1.78. The Hall–Kier alpha value is -1.84. The van der Waals surface area contributed by atoms with Crippen LogP contribution in [0.5, 0.6) is 5.75 Å². The molecule has 2 rings (SSSR count). The van der Waals surface area contributed by atoms with E-state index in [2.05, 4.69) is 0 Å². The molecule has 18 heavy (non-hydrogen) atoms. The lowest BCUT2D eigenvalue weighted by Gasteiger charge is -2.06. The van der Waals surface area contributed by atoms with Crippen LogP contribution in [0.15, 0.2) is 33.5 Å². The van der Waals surface area contributed by atoms with Crippen molar-refractivity contribution in [3.05, 3.63) is 40.2 Å². The molecule has 0 fully saturated rings. The number of halogens is 1. The van der Waals surface area contributed by atoms with Gasteiger partial charge in [-0.3, -0.25) is 4.39 Å². The highest BCUT2D eigenvalue weighted by Gasteiger charge is 2.03. The lowest BCUT2D eigenvalue weighted by Crippen LogP contribution is -2.00. The van der Waals surface area contributed by atoms with E-state index in [4.69, 9.17) is 9.15 Å². The maximum Gasteiger partial charge on any atom is 0.336 e. The van der Waals surface area contributed by atoms with E-state index in [0.29, 0.717) is 30.8 Å². The lowest BCUT2D eigenvalue weighted by molar-refractivity contribution is 0.297. The van der Waals surface area contributed by atoms with Crippen molar-refractivity contribution in [1.82, 2.24) is 0 Å². The number of hydrogen-bond donors (Lipinski definition) is 0. The van der Waals surface area contributed by atoms with Crippen LogP contribution < -0.4 is 10.4 Å². The van der Waals surface area contributed by atoms with Gasteiger partial charge in [0.15, 0.2) is 0 Å². The molecule has 1 heterocycles. The van der Waals surface area contributed by atoms with Crippen molar-refractivity contribution in [2.75, 3.05) is 13.3 Å². The van der Waals surface area contributed by atoms with Gasteiger partial charge >= 0.3 is 5.63 Å². The Bertz CT molecular complexity index is 589. The first-order chi connectivity index (χ1) is 8.70. The van der Waals surface area contributed by atoms with Gasteiger partial charge in [0.1, 0.15) is 11.3 Å². The number of unbranched alkanes of at least 4 members (excludes halogenated alkanes) is 1. The molecule has 96 valence electrons. The van der Waals surface area contributed by atoms with Gasteiger partial charge in [-0.05, 0) is 37.5 Å². The second-order valence-electron chi connectivity index (χ2n) is 4.15. The molecular weight excluding hydrogens is 235 g/mol. The van der Waals surface area contributed by atoms with Crippen LogP contribution in [0.4, 0.5) is 4.39 Å². The monoisotopic (exact) mass is 250 g/mol. The molecule has 0 aliphatic heterocycles. The largest absolute Gasteiger partial charge is 0.493 e. The average Bonchev–Trinajstić information content (AvgIpc) is 2.34. The first kappa shape index (κ1) is 12.6. The molecule has 0 aliphatic carbocycles. The normalized spacial score (nSPS) is 10.8. The van der Waals surface area contributed by atoms with Gasteiger partial charge in [-0.25, -0.2) is 4.79 Å². The van der Waals surface area contributed by atoms with Crippen molar-refractivity contribution in [2.45, 2.75) is 19.8 Å². The average molecular weight is 250 g/mol. The molecule has 2 aromatic rings. The van der Waals surface area contributed by atoms with E-state index in [-0.39, 0.29) is 12.3 Å². The predicted molar refractivity (Wildman–Crippen MR) is 67.9 cm³/mol. The van der Waals surface area contributed by atoms with Crippen molar-refractivity contribution in [2.24, 2.45) is 0 Å². The Kier molecular flexibility index (Phi) is 3.97. The summed E-state index contributed by atoms with van der Waals surface area (Å²) in [6.07, 6.45) is 1.17. The maximum atomic E-state index is 11.9. The van der Waals surface area contributed by atoms with E-state index in [1.54, 1.807) is 6.07 Å². The summed E-state index contributed by atoms with van der Waals surface area (Å²) in [5.41, 5.74) is 1.03. The lowest BCUT2D eigenvalue weighted by atomic mass is 10.1. The maximum absolute atomic E-state index is 11.9. The summed E-state index contributed by atoms with van der Waals surface area (Å²) >= 11 is 0. The predicted octanol–water partition coefficient (Wildman–Crippen LogP) is 3.23. The molecule has 0 radical (unpaired) electrons. The molecule has 0 atom stereocenters. The van der Waals surface area contributed by atoms with Crippen LogP contribution in [0.1, 0.15) is 18.4 Å². The topological polar surface area (TPSA) is 39.4 Å². The van der Waals surface area contributed by atoms with E-state index in [1.807, 2.05) is 19.1 Å². The van der Waals surface area contributed by atoms with E-state index in [0.717, 1.165) is 10.9 Å². The van der Waals surface area contributed by atoms with Gasteiger partial charge in [-0.15, -0.1) is 0 Å². The molecule has 0 amide bonds. The Morgan fingerprint density at radius 1 is 1.28 bits per heavy atom. The highest BCUT2D eigenvalue weighted by molar-refractivity contribution is 5.81. The van der Waals surface area contributed by atoms with E-state index >= 15 is 0 Å². The van der Waals surface area contributed by atoms with Crippen molar-refractivity contribution < 1.29 is 13.5 Å². The molecule has 1 aromatic heterocycles. The summed E-state index contributed by atoms with van der Waals surface area (Å²) in [6, 6.07) is 6.84. The zero-order valence-electron chi connectivity index (χ0n) is 10.2. The van der Waals surface area contributed by atoms with Crippen molar-refractivity contribution >= 4 is 11.0 Å². The molecule has 3 nitrogen and oxygen atoms in total. The van der Waals surface area contributed by atoms with E-state index in [1.165, 1.54) is 6.07 Å². The van der Waals surface area contributed by atoms with Gasteiger partial charge in [-0.1, -0.05) is 0 Å². The molecule has 0 bridgehead atoms. The standard InChI is InChI=1S/C14H15FO3/c1-10-8-14(16)18-13-9-11(4-5-12(10)13)17-7-3-2-6-15/h4-5,8-9H,2-3,6-7H2,1H3. The summed E-state index contributed by atoms with van der Waals surface area (Å²) in [6.45, 7) is 2.00. The van der Waals surface area contributed by atoms with Gasteiger partial charge < -0.3 is 9.15 Å². The fourth-order valence-corrected chi connectivity index (χ4v) is 1.78. The molecule has 0 spiro atoms. The molecule has 0 saturated heterocycles. The molecule has 0 unspecified atom stereocenters. The zero-order chi connectivity index (χ0) is 13.0. The SMILES string of the molecule is Cc1cc(=O)oc2cc(OCCCCF)ccc12. The smallest absolute Gasteiger partial charge is 0.336 e. The second kappa shape index (κ2) is 5.67. The first-order valence-electron chi connectivity index (χ1n) is 5.94. The highest BCUT2D eigenvalue weighted by atomic mass is 19.1. The van der Waals surface area contributed by atoms with E-state index in [9.17, 15) is 9.18 Å². The van der Waals surface area contributed by atoms with E-state index < -0.39 is 0 Å². The summed E-state index contributed by atoms with van der Waals surface area (Å²) in [7, 11) is 0. The van der Waals surface area contributed by atoms with Crippen LogP contribution in [-0.2, 0) is 0 Å². The molecule has 1 aromatic carbocycles. The van der Waals surface area contributed by atoms with Crippen molar-refractivity contribution in [1.29, 1.82) is 0 Å². The number of hydrogen-bond acceptors (Lipinski definition) is 3. The number of ether oxygens (including phenoxy) is 1. The molecule has 0 aliphatic rings. The highest BCUT2D eigenvalue weighted by Crippen LogP contribution is 2.22. The number of aryl methyl sites for hydroxylation is 1. The van der Waals surface area contributed by atoms with Crippen LogP contribution in [0.3, 0.4) is 0 Å². The minimum Gasteiger partial charge on any atom is -0.493 e. The number of rotatable bonds is 5. The fraction of sp³-hybridized carbons (Fsp3) is 0.357. The summed E-state index contributed by atoms with van der Waals surface area (Å²) in [4.78, 5) is 11.3. The summed E-state index contributed by atoms with van der Waals surface area (Å²) in [5, 5.41) is 0.894. The third-order valence-corrected chi connectivity index (χ3v) is 2.72. The molecular formula is C14H15FO3. The summed E-state index contributed by atoms with van der Waals surface area (Å²) < 4.78 is 22.5. The molecule has 0 saturated carbocycles. The van der Waals surface area contributed by atoms with Crippen molar-refractivity contribution in [3.8, 4) is 5.75 Å².